The summed E-state index contributed by atoms with van der Waals surface area (Å²) in [5.74, 6) is 0.732. The number of fused-ring (bicyclic) bond motifs is 1. The average Bonchev–Trinajstić information content (AvgIpc) is 3.18. The molecule has 1 aromatic heterocycles. The molecule has 1 aliphatic heterocycles. The van der Waals surface area contributed by atoms with E-state index >= 15 is 0 Å². The van der Waals surface area contributed by atoms with Crippen molar-refractivity contribution in [1.29, 1.82) is 5.26 Å². The summed E-state index contributed by atoms with van der Waals surface area (Å²) < 4.78 is 5.19. The van der Waals surface area contributed by atoms with E-state index in [0.29, 0.717) is 36.9 Å². The van der Waals surface area contributed by atoms with E-state index in [1.807, 2.05) is 47.4 Å². The minimum atomic E-state index is -0.339. The van der Waals surface area contributed by atoms with Crippen LogP contribution in [0, 0.1) is 11.3 Å². The Hall–Kier alpha value is -3.01. The normalized spacial score (nSPS) is 15.8. The maximum atomic E-state index is 12.9. The fourth-order valence-corrected chi connectivity index (χ4v) is 3.91. The van der Waals surface area contributed by atoms with Crippen LogP contribution in [0.2, 0.25) is 5.02 Å². The highest BCUT2D eigenvalue weighted by molar-refractivity contribution is 6.31. The number of ether oxygens (including phenoxy) is 1. The van der Waals surface area contributed by atoms with Gasteiger partial charge in [-0.3, -0.25) is 9.69 Å². The minimum Gasteiger partial charge on any atom is -0.497 e. The van der Waals surface area contributed by atoms with Crippen LogP contribution in [0.4, 0.5) is 0 Å². The lowest BCUT2D eigenvalue weighted by atomic mass is 10.1. The van der Waals surface area contributed by atoms with Gasteiger partial charge in [0, 0.05) is 42.1 Å². The zero-order valence-electron chi connectivity index (χ0n) is 16.1. The van der Waals surface area contributed by atoms with Gasteiger partial charge in [-0.05, 0) is 42.0 Å². The Morgan fingerprint density at radius 2 is 1.86 bits per heavy atom. The third-order valence-corrected chi connectivity index (χ3v) is 5.57. The van der Waals surface area contributed by atoms with Crippen LogP contribution in [0.3, 0.4) is 0 Å². The molecule has 1 atom stereocenters. The van der Waals surface area contributed by atoms with Crippen LogP contribution in [-0.2, 0) is 0 Å². The first-order chi connectivity index (χ1) is 14.1. The van der Waals surface area contributed by atoms with Gasteiger partial charge in [-0.2, -0.15) is 5.26 Å². The average molecular weight is 409 g/mol. The van der Waals surface area contributed by atoms with Crippen molar-refractivity contribution in [2.45, 2.75) is 6.04 Å². The Labute approximate surface area is 174 Å². The number of nitriles is 1. The van der Waals surface area contributed by atoms with E-state index in [4.69, 9.17) is 16.3 Å². The number of carbonyl (C=O) groups excluding carboxylic acids is 1. The molecule has 29 heavy (non-hydrogen) atoms. The number of aromatic amines is 1. The quantitative estimate of drug-likeness (QED) is 0.711. The van der Waals surface area contributed by atoms with Gasteiger partial charge in [0.2, 0.25) is 0 Å². The highest BCUT2D eigenvalue weighted by atomic mass is 35.5. The third kappa shape index (κ3) is 3.93. The molecule has 7 heteroatoms. The van der Waals surface area contributed by atoms with Crippen LogP contribution < -0.4 is 4.74 Å². The van der Waals surface area contributed by atoms with Crippen LogP contribution in [0.1, 0.15) is 22.1 Å². The molecule has 4 rings (SSSR count). The highest BCUT2D eigenvalue weighted by Crippen LogP contribution is 2.25. The molecule has 0 bridgehead atoms. The molecule has 2 heterocycles. The number of hydrogen-bond donors (Lipinski definition) is 1. The minimum absolute atomic E-state index is 0.0325. The smallest absolute Gasteiger partial charge is 0.270 e. The predicted molar refractivity (Wildman–Crippen MR) is 112 cm³/mol. The number of methoxy groups -OCH3 is 1. The molecule has 0 radical (unpaired) electrons. The second-order valence-electron chi connectivity index (χ2n) is 7.05. The van der Waals surface area contributed by atoms with Crippen molar-refractivity contribution in [2.24, 2.45) is 0 Å². The number of benzene rings is 2. The van der Waals surface area contributed by atoms with Gasteiger partial charge in [0.1, 0.15) is 17.5 Å². The molecule has 3 aromatic rings. The molecule has 0 aliphatic carbocycles. The maximum Gasteiger partial charge on any atom is 0.270 e. The Balaban J connectivity index is 1.43. The fourth-order valence-electron chi connectivity index (χ4n) is 3.73. The van der Waals surface area contributed by atoms with Gasteiger partial charge in [0.15, 0.2) is 0 Å². The Kier molecular flexibility index (Phi) is 5.43. The summed E-state index contributed by atoms with van der Waals surface area (Å²) in [6.07, 6.45) is 0. The second-order valence-corrected chi connectivity index (χ2v) is 7.48. The van der Waals surface area contributed by atoms with Crippen molar-refractivity contribution >= 4 is 28.4 Å². The van der Waals surface area contributed by atoms with Gasteiger partial charge in [-0.1, -0.05) is 23.7 Å². The summed E-state index contributed by atoms with van der Waals surface area (Å²) in [4.78, 5) is 20.0. The molecule has 1 amide bonds. The number of hydrogen-bond acceptors (Lipinski definition) is 4. The second kappa shape index (κ2) is 8.16. The highest BCUT2D eigenvalue weighted by Gasteiger charge is 2.28. The van der Waals surface area contributed by atoms with E-state index in [0.717, 1.165) is 22.2 Å². The summed E-state index contributed by atoms with van der Waals surface area (Å²) in [7, 11) is 1.62. The van der Waals surface area contributed by atoms with Crippen molar-refractivity contribution in [3.05, 3.63) is 64.8 Å². The molecular weight excluding hydrogens is 388 g/mol. The Bertz CT molecular complexity index is 1060. The fraction of sp³-hybridized carbons (Fsp3) is 0.273. The van der Waals surface area contributed by atoms with E-state index < -0.39 is 0 Å². The number of aromatic nitrogens is 1. The largest absolute Gasteiger partial charge is 0.497 e. The van der Waals surface area contributed by atoms with Crippen LogP contribution in [0.15, 0.2) is 48.5 Å². The number of halogens is 1. The molecule has 2 aromatic carbocycles. The first-order valence-corrected chi connectivity index (χ1v) is 9.82. The molecule has 1 aliphatic rings. The summed E-state index contributed by atoms with van der Waals surface area (Å²) in [6, 6.07) is 17.0. The first-order valence-electron chi connectivity index (χ1n) is 9.44. The molecule has 1 fully saturated rings. The molecular formula is C22H21ClN4O2. The zero-order valence-corrected chi connectivity index (χ0v) is 16.8. The maximum absolute atomic E-state index is 12.9. The van der Waals surface area contributed by atoms with Gasteiger partial charge in [0.05, 0.1) is 13.2 Å². The summed E-state index contributed by atoms with van der Waals surface area (Å²) in [5.41, 5.74) is 2.38. The van der Waals surface area contributed by atoms with Crippen LogP contribution in [0.5, 0.6) is 5.75 Å². The van der Waals surface area contributed by atoms with E-state index in [-0.39, 0.29) is 11.9 Å². The molecule has 0 saturated carbocycles. The summed E-state index contributed by atoms with van der Waals surface area (Å²) >= 11 is 6.03. The van der Waals surface area contributed by atoms with E-state index in [1.54, 1.807) is 13.2 Å². The number of amides is 1. The zero-order chi connectivity index (χ0) is 20.4. The number of H-pyrrole nitrogens is 1. The first kappa shape index (κ1) is 19.3. The van der Waals surface area contributed by atoms with Gasteiger partial charge in [-0.15, -0.1) is 0 Å². The lowest BCUT2D eigenvalue weighted by Gasteiger charge is -2.36. The molecule has 148 valence electrons. The van der Waals surface area contributed by atoms with Gasteiger partial charge < -0.3 is 14.6 Å². The van der Waals surface area contributed by atoms with Crippen LogP contribution in [-0.4, -0.2) is 54.0 Å². The standard InChI is InChI=1S/C22H21ClN4O2/c1-29-18-5-2-15(3-6-18)21(14-24)26-8-10-27(11-9-26)22(28)20-13-16-12-17(23)4-7-19(16)25-20/h2-7,12-13,21,25H,8-11H2,1H3. The Morgan fingerprint density at radius 3 is 2.52 bits per heavy atom. The summed E-state index contributed by atoms with van der Waals surface area (Å²) in [6.45, 7) is 2.43. The monoisotopic (exact) mass is 408 g/mol. The van der Waals surface area contributed by atoms with Gasteiger partial charge in [-0.25, -0.2) is 0 Å². The van der Waals surface area contributed by atoms with Crippen molar-refractivity contribution in [3.63, 3.8) is 0 Å². The van der Waals surface area contributed by atoms with Gasteiger partial charge in [0.25, 0.3) is 5.91 Å². The van der Waals surface area contributed by atoms with E-state index in [9.17, 15) is 10.1 Å². The number of carbonyl (C=O) groups is 1. The topological polar surface area (TPSA) is 72.4 Å². The predicted octanol–water partition coefficient (Wildman–Crippen LogP) is 3.85. The molecule has 1 N–H and O–H groups in total. The van der Waals surface area contributed by atoms with Crippen molar-refractivity contribution in [3.8, 4) is 11.8 Å². The lowest BCUT2D eigenvalue weighted by Crippen LogP contribution is -2.49. The third-order valence-electron chi connectivity index (χ3n) is 5.33. The van der Waals surface area contributed by atoms with Crippen molar-refractivity contribution < 1.29 is 9.53 Å². The number of nitrogens with one attached hydrogen (secondary N) is 1. The van der Waals surface area contributed by atoms with E-state index in [2.05, 4.69) is 16.0 Å². The van der Waals surface area contributed by atoms with Crippen LogP contribution >= 0.6 is 11.6 Å². The summed E-state index contributed by atoms with van der Waals surface area (Å²) in [5, 5.41) is 11.3. The van der Waals surface area contributed by atoms with Crippen LogP contribution in [0.25, 0.3) is 10.9 Å². The van der Waals surface area contributed by atoms with Gasteiger partial charge >= 0.3 is 0 Å². The molecule has 6 nitrogen and oxygen atoms in total. The molecule has 1 saturated heterocycles. The van der Waals surface area contributed by atoms with Crippen molar-refractivity contribution in [2.75, 3.05) is 33.3 Å². The number of piperazine rings is 1. The van der Waals surface area contributed by atoms with E-state index in [1.165, 1.54) is 0 Å². The number of nitrogens with zero attached hydrogens (tertiary/aromatic N) is 3. The SMILES string of the molecule is COc1ccc(C(C#N)N2CCN(C(=O)c3cc4cc(Cl)ccc4[nH]3)CC2)cc1. The molecule has 0 spiro atoms. The van der Waals surface area contributed by atoms with Crippen molar-refractivity contribution in [1.82, 2.24) is 14.8 Å². The Morgan fingerprint density at radius 1 is 1.14 bits per heavy atom. The lowest BCUT2D eigenvalue weighted by molar-refractivity contribution is 0.0601. The molecule has 1 unspecified atom stereocenters. The number of rotatable bonds is 4.